The fraction of sp³-hybridized carbons (Fsp3) is 0.917. The predicted molar refractivity (Wildman–Crippen MR) is 67.9 cm³/mol. The van der Waals surface area contributed by atoms with Crippen LogP contribution in [0, 0.1) is 11.8 Å². The van der Waals surface area contributed by atoms with Crippen LogP contribution in [0.4, 0.5) is 0 Å². The van der Waals surface area contributed by atoms with E-state index in [0.717, 1.165) is 16.9 Å². The zero-order valence-electron chi connectivity index (χ0n) is 9.75. The molecule has 2 nitrogen and oxygen atoms in total. The van der Waals surface area contributed by atoms with Crippen LogP contribution in [-0.4, -0.2) is 17.2 Å². The highest BCUT2D eigenvalue weighted by Gasteiger charge is 2.28. The van der Waals surface area contributed by atoms with Crippen LogP contribution in [0.15, 0.2) is 0 Å². The Morgan fingerprint density at radius 1 is 1.07 bits per heavy atom. The second-order valence-electron chi connectivity index (χ2n) is 5.27. The largest absolute Gasteiger partial charge is 0.360 e. The Morgan fingerprint density at radius 2 is 1.80 bits per heavy atom. The van der Waals surface area contributed by atoms with Crippen molar-refractivity contribution in [3.63, 3.8) is 0 Å². The normalized spacial score (nSPS) is 36.0. The fourth-order valence-corrected chi connectivity index (χ4v) is 2.73. The Bertz CT molecular complexity index is 238. The Kier molecular flexibility index (Phi) is 3.49. The molecule has 15 heavy (non-hydrogen) atoms. The molecule has 2 saturated carbocycles. The number of rotatable bonds is 2. The van der Waals surface area contributed by atoms with Crippen molar-refractivity contribution >= 4 is 17.3 Å². The van der Waals surface area contributed by atoms with Gasteiger partial charge in [-0.2, -0.15) is 0 Å². The van der Waals surface area contributed by atoms with E-state index >= 15 is 0 Å². The van der Waals surface area contributed by atoms with Crippen LogP contribution in [0.5, 0.6) is 0 Å². The summed E-state index contributed by atoms with van der Waals surface area (Å²) in [7, 11) is 0. The molecule has 3 heteroatoms. The van der Waals surface area contributed by atoms with Gasteiger partial charge in [-0.25, -0.2) is 0 Å². The van der Waals surface area contributed by atoms with Crippen molar-refractivity contribution in [2.45, 2.75) is 58.0 Å². The average molecular weight is 226 g/mol. The third-order valence-corrected chi connectivity index (χ3v) is 4.17. The number of nitrogens with one attached hydrogen (secondary N) is 2. The first-order chi connectivity index (χ1) is 7.16. The van der Waals surface area contributed by atoms with Crippen molar-refractivity contribution in [1.82, 2.24) is 10.6 Å². The summed E-state index contributed by atoms with van der Waals surface area (Å²) < 4.78 is 0. The quantitative estimate of drug-likeness (QED) is 0.707. The molecule has 0 saturated heterocycles. The number of hydrogen-bond acceptors (Lipinski definition) is 1. The van der Waals surface area contributed by atoms with Crippen molar-refractivity contribution in [2.24, 2.45) is 11.8 Å². The third kappa shape index (κ3) is 3.07. The highest BCUT2D eigenvalue weighted by atomic mass is 32.1. The maximum atomic E-state index is 5.32. The van der Waals surface area contributed by atoms with Gasteiger partial charge in [0.2, 0.25) is 0 Å². The van der Waals surface area contributed by atoms with Crippen molar-refractivity contribution in [1.29, 1.82) is 0 Å². The van der Waals surface area contributed by atoms with Crippen LogP contribution in [0.2, 0.25) is 0 Å². The smallest absolute Gasteiger partial charge is 0.166 e. The molecule has 0 spiro atoms. The molecule has 0 aromatic carbocycles. The summed E-state index contributed by atoms with van der Waals surface area (Å²) in [5, 5.41) is 7.73. The molecule has 0 amide bonds. The van der Waals surface area contributed by atoms with Crippen LogP contribution in [0.25, 0.3) is 0 Å². The molecular formula is C12H22N2S. The molecule has 2 aliphatic rings. The maximum absolute atomic E-state index is 5.32. The highest BCUT2D eigenvalue weighted by molar-refractivity contribution is 7.80. The van der Waals surface area contributed by atoms with Crippen molar-refractivity contribution in [2.75, 3.05) is 0 Å². The third-order valence-electron chi connectivity index (χ3n) is 3.94. The van der Waals surface area contributed by atoms with Gasteiger partial charge in [0.05, 0.1) is 0 Å². The molecule has 2 N–H and O–H groups in total. The van der Waals surface area contributed by atoms with E-state index in [9.17, 15) is 0 Å². The Labute approximate surface area is 98.2 Å². The van der Waals surface area contributed by atoms with Crippen LogP contribution < -0.4 is 10.6 Å². The molecule has 0 unspecified atom stereocenters. The minimum atomic E-state index is 0.590. The van der Waals surface area contributed by atoms with Gasteiger partial charge in [-0.05, 0) is 43.3 Å². The summed E-state index contributed by atoms with van der Waals surface area (Å²) in [6, 6.07) is 1.26. The van der Waals surface area contributed by atoms with Crippen molar-refractivity contribution in [3.8, 4) is 0 Å². The first kappa shape index (κ1) is 11.2. The lowest BCUT2D eigenvalue weighted by atomic mass is 9.78. The maximum Gasteiger partial charge on any atom is 0.166 e. The highest BCUT2D eigenvalue weighted by Crippen LogP contribution is 2.29. The number of thiocarbonyl (C=S) groups is 1. The van der Waals surface area contributed by atoms with Crippen molar-refractivity contribution in [3.05, 3.63) is 0 Å². The fourth-order valence-electron chi connectivity index (χ4n) is 2.41. The summed E-state index contributed by atoms with van der Waals surface area (Å²) in [5.41, 5.74) is 0. The molecule has 0 aromatic rings. The van der Waals surface area contributed by atoms with Crippen LogP contribution in [-0.2, 0) is 0 Å². The minimum Gasteiger partial charge on any atom is -0.360 e. The van der Waals surface area contributed by atoms with Gasteiger partial charge in [-0.15, -0.1) is 0 Å². The molecule has 0 radical (unpaired) electrons. The van der Waals surface area contributed by atoms with Gasteiger partial charge in [0, 0.05) is 12.1 Å². The van der Waals surface area contributed by atoms with E-state index in [1.807, 2.05) is 0 Å². The zero-order valence-corrected chi connectivity index (χ0v) is 10.6. The molecule has 0 bridgehead atoms. The summed E-state index contributed by atoms with van der Waals surface area (Å²) >= 11 is 5.32. The Morgan fingerprint density at radius 3 is 2.47 bits per heavy atom. The Balaban J connectivity index is 1.78. The molecule has 0 heterocycles. The first-order valence-corrected chi connectivity index (χ1v) is 6.64. The second-order valence-corrected chi connectivity index (χ2v) is 5.67. The van der Waals surface area contributed by atoms with E-state index < -0.39 is 0 Å². The van der Waals surface area contributed by atoms with Gasteiger partial charge in [0.15, 0.2) is 5.11 Å². The standard InChI is InChI=1S/C12H22N2S/c1-8-4-3-5-11(9(8)2)14-12(15)13-10-6-7-10/h8-11H,3-7H2,1-2H3,(H2,13,14,15)/t8-,9+,11+/m0/s1. The average Bonchev–Trinajstić information content (AvgIpc) is 2.97. The second kappa shape index (κ2) is 4.69. The first-order valence-electron chi connectivity index (χ1n) is 6.24. The lowest BCUT2D eigenvalue weighted by molar-refractivity contribution is 0.224. The molecule has 3 atom stereocenters. The van der Waals surface area contributed by atoms with E-state index in [-0.39, 0.29) is 0 Å². The van der Waals surface area contributed by atoms with E-state index in [1.54, 1.807) is 0 Å². The van der Waals surface area contributed by atoms with Gasteiger partial charge in [0.1, 0.15) is 0 Å². The van der Waals surface area contributed by atoms with Gasteiger partial charge in [-0.3, -0.25) is 0 Å². The Hall–Kier alpha value is -0.310. The van der Waals surface area contributed by atoms with Crippen molar-refractivity contribution < 1.29 is 0 Å². The van der Waals surface area contributed by atoms with Gasteiger partial charge < -0.3 is 10.6 Å². The lowest BCUT2D eigenvalue weighted by Gasteiger charge is -2.35. The monoisotopic (exact) mass is 226 g/mol. The summed E-state index contributed by atoms with van der Waals surface area (Å²) in [4.78, 5) is 0. The predicted octanol–water partition coefficient (Wildman–Crippen LogP) is 2.44. The van der Waals surface area contributed by atoms with Gasteiger partial charge in [-0.1, -0.05) is 26.7 Å². The van der Waals surface area contributed by atoms with E-state index in [2.05, 4.69) is 24.5 Å². The van der Waals surface area contributed by atoms with Gasteiger partial charge >= 0.3 is 0 Å². The molecule has 0 aliphatic heterocycles. The molecule has 2 aliphatic carbocycles. The zero-order chi connectivity index (χ0) is 10.8. The molecule has 2 rings (SSSR count). The minimum absolute atomic E-state index is 0.590. The van der Waals surface area contributed by atoms with E-state index in [0.29, 0.717) is 12.1 Å². The van der Waals surface area contributed by atoms with Crippen LogP contribution in [0.3, 0.4) is 0 Å². The van der Waals surface area contributed by atoms with Crippen LogP contribution >= 0.6 is 12.2 Å². The molecule has 86 valence electrons. The molecule has 2 fully saturated rings. The summed E-state index contributed by atoms with van der Waals surface area (Å²) in [5.74, 6) is 1.58. The summed E-state index contributed by atoms with van der Waals surface area (Å²) in [6.07, 6.45) is 6.58. The SMILES string of the molecule is C[C@@H]1[C@@H](C)CCC[C@H]1NC(=S)NC1CC1. The van der Waals surface area contributed by atoms with E-state index in [1.165, 1.54) is 32.1 Å². The lowest BCUT2D eigenvalue weighted by Crippen LogP contribution is -2.48. The van der Waals surface area contributed by atoms with Crippen LogP contribution in [0.1, 0.15) is 46.0 Å². The molecular weight excluding hydrogens is 204 g/mol. The molecule has 0 aromatic heterocycles. The van der Waals surface area contributed by atoms with E-state index in [4.69, 9.17) is 12.2 Å². The summed E-state index contributed by atoms with van der Waals surface area (Å²) in [6.45, 7) is 4.71. The van der Waals surface area contributed by atoms with Gasteiger partial charge in [0.25, 0.3) is 0 Å². The topological polar surface area (TPSA) is 24.1 Å². The number of hydrogen-bond donors (Lipinski definition) is 2.